The van der Waals surface area contributed by atoms with E-state index >= 15 is 0 Å². The van der Waals surface area contributed by atoms with Gasteiger partial charge in [0.15, 0.2) is 15.7 Å². The highest BCUT2D eigenvalue weighted by Gasteiger charge is 2.18. The summed E-state index contributed by atoms with van der Waals surface area (Å²) < 4.78 is 42.9. The predicted molar refractivity (Wildman–Crippen MR) is 78.9 cm³/mol. The summed E-state index contributed by atoms with van der Waals surface area (Å²) in [5.74, 6) is -0.387. The number of pyridine rings is 1. The van der Waals surface area contributed by atoms with E-state index in [2.05, 4.69) is 4.98 Å². The first-order valence-corrected chi connectivity index (χ1v) is 8.37. The lowest BCUT2D eigenvalue weighted by molar-refractivity contribution is 0.340. The van der Waals surface area contributed by atoms with E-state index in [4.69, 9.17) is 16.3 Å². The fourth-order valence-corrected chi connectivity index (χ4v) is 2.59. The largest absolute Gasteiger partial charge is 0.493 e. The van der Waals surface area contributed by atoms with E-state index in [9.17, 15) is 12.8 Å². The maximum Gasteiger partial charge on any atom is 0.177 e. The molecule has 0 aliphatic carbocycles. The minimum absolute atomic E-state index is 0.00169. The van der Waals surface area contributed by atoms with Crippen LogP contribution in [0.4, 0.5) is 4.39 Å². The number of rotatable bonds is 4. The molecule has 0 N–H and O–H groups in total. The zero-order valence-corrected chi connectivity index (χ0v) is 13.0. The van der Waals surface area contributed by atoms with Gasteiger partial charge in [-0.1, -0.05) is 11.6 Å². The topological polar surface area (TPSA) is 56.3 Å². The zero-order chi connectivity index (χ0) is 15.6. The number of hydrogen-bond acceptors (Lipinski definition) is 4. The van der Waals surface area contributed by atoms with Crippen LogP contribution in [0.15, 0.2) is 35.5 Å². The highest BCUT2D eigenvalue weighted by molar-refractivity contribution is 7.90. The van der Waals surface area contributed by atoms with E-state index in [0.717, 1.165) is 6.26 Å². The van der Waals surface area contributed by atoms with Gasteiger partial charge >= 0.3 is 0 Å². The van der Waals surface area contributed by atoms with Gasteiger partial charge in [0.25, 0.3) is 0 Å². The van der Waals surface area contributed by atoms with Gasteiger partial charge in [-0.05, 0) is 25.1 Å². The van der Waals surface area contributed by atoms with Crippen LogP contribution in [0.5, 0.6) is 5.75 Å². The van der Waals surface area contributed by atoms with Crippen LogP contribution in [0.25, 0.3) is 11.1 Å². The molecule has 1 heterocycles. The molecule has 0 amide bonds. The van der Waals surface area contributed by atoms with Crippen molar-refractivity contribution in [2.45, 2.75) is 11.8 Å². The van der Waals surface area contributed by atoms with Crippen LogP contribution in [0, 0.1) is 5.82 Å². The third kappa shape index (κ3) is 3.33. The molecule has 112 valence electrons. The quantitative estimate of drug-likeness (QED) is 0.863. The molecule has 7 heteroatoms. The Labute approximate surface area is 127 Å². The minimum atomic E-state index is -3.44. The van der Waals surface area contributed by atoms with Crippen LogP contribution in [0.1, 0.15) is 6.92 Å². The molecule has 0 radical (unpaired) electrons. The number of sulfone groups is 1. The first-order chi connectivity index (χ1) is 9.84. The molecule has 0 saturated heterocycles. The third-order valence-corrected chi connectivity index (χ3v) is 4.16. The second-order valence-electron chi connectivity index (χ2n) is 4.35. The van der Waals surface area contributed by atoms with Crippen molar-refractivity contribution < 1.29 is 17.5 Å². The molecule has 0 aliphatic heterocycles. The van der Waals surface area contributed by atoms with Gasteiger partial charge in [0.05, 0.1) is 22.1 Å². The van der Waals surface area contributed by atoms with Crippen molar-refractivity contribution in [3.05, 3.63) is 41.4 Å². The molecule has 0 atom stereocenters. The summed E-state index contributed by atoms with van der Waals surface area (Å²) in [5.41, 5.74) is 0.392. The third-order valence-electron chi connectivity index (χ3n) is 2.79. The van der Waals surface area contributed by atoms with Gasteiger partial charge in [-0.2, -0.15) is 0 Å². The molecular formula is C14H13ClFNO3S. The molecule has 4 nitrogen and oxygen atoms in total. The summed E-state index contributed by atoms with van der Waals surface area (Å²) in [6.07, 6.45) is 3.64. The Bertz CT molecular complexity index is 778. The molecule has 0 spiro atoms. The highest BCUT2D eigenvalue weighted by Crippen LogP contribution is 2.36. The molecular weight excluding hydrogens is 317 g/mol. The molecule has 1 aromatic carbocycles. The Morgan fingerprint density at radius 1 is 1.33 bits per heavy atom. The number of aromatic nitrogens is 1. The molecule has 0 saturated carbocycles. The van der Waals surface area contributed by atoms with E-state index in [1.165, 1.54) is 30.6 Å². The summed E-state index contributed by atoms with van der Waals surface area (Å²) in [7, 11) is -3.44. The molecule has 2 rings (SSSR count). The minimum Gasteiger partial charge on any atom is -0.493 e. The van der Waals surface area contributed by atoms with Crippen LogP contribution < -0.4 is 4.74 Å². The summed E-state index contributed by atoms with van der Waals surface area (Å²) in [4.78, 5) is 3.86. The summed E-state index contributed by atoms with van der Waals surface area (Å²) in [6, 6.07) is 4.27. The van der Waals surface area contributed by atoms with Gasteiger partial charge in [-0.3, -0.25) is 4.98 Å². The maximum absolute atomic E-state index is 14.3. The highest BCUT2D eigenvalue weighted by atomic mass is 35.5. The lowest BCUT2D eigenvalue weighted by Crippen LogP contribution is -2.00. The fourth-order valence-electron chi connectivity index (χ4n) is 1.84. The predicted octanol–water partition coefficient (Wildman–Crippen LogP) is 3.34. The summed E-state index contributed by atoms with van der Waals surface area (Å²) in [5, 5.41) is -0.0711. The van der Waals surface area contributed by atoms with Crippen molar-refractivity contribution >= 4 is 21.4 Å². The molecule has 1 aromatic heterocycles. The molecule has 0 bridgehead atoms. The van der Waals surface area contributed by atoms with Crippen molar-refractivity contribution in [3.63, 3.8) is 0 Å². The first-order valence-electron chi connectivity index (χ1n) is 6.11. The Morgan fingerprint density at radius 3 is 2.67 bits per heavy atom. The van der Waals surface area contributed by atoms with Gasteiger partial charge in [0, 0.05) is 24.2 Å². The van der Waals surface area contributed by atoms with Gasteiger partial charge in [-0.15, -0.1) is 0 Å². The van der Waals surface area contributed by atoms with Crippen molar-refractivity contribution in [2.75, 3.05) is 12.9 Å². The van der Waals surface area contributed by atoms with Gasteiger partial charge in [0.1, 0.15) is 5.75 Å². The van der Waals surface area contributed by atoms with E-state index in [-0.39, 0.29) is 21.2 Å². The van der Waals surface area contributed by atoms with Crippen molar-refractivity contribution in [3.8, 4) is 16.9 Å². The number of hydrogen-bond donors (Lipinski definition) is 0. The zero-order valence-electron chi connectivity index (χ0n) is 11.4. The summed E-state index contributed by atoms with van der Waals surface area (Å²) >= 11 is 5.80. The van der Waals surface area contributed by atoms with Crippen LogP contribution >= 0.6 is 11.6 Å². The van der Waals surface area contributed by atoms with Crippen molar-refractivity contribution in [1.82, 2.24) is 4.98 Å². The SMILES string of the molecule is CCOc1ccc(Cl)c(F)c1-c1cncc(S(C)(=O)=O)c1. The second-order valence-corrected chi connectivity index (χ2v) is 6.77. The number of ether oxygens (including phenoxy) is 1. The molecule has 0 aliphatic rings. The van der Waals surface area contributed by atoms with Gasteiger partial charge in [0.2, 0.25) is 0 Å². The van der Waals surface area contributed by atoms with Crippen molar-refractivity contribution in [2.24, 2.45) is 0 Å². The Kier molecular flexibility index (Phi) is 4.49. The average Bonchev–Trinajstić information content (AvgIpc) is 2.43. The van der Waals surface area contributed by atoms with Crippen LogP contribution in [0.2, 0.25) is 5.02 Å². The normalized spacial score (nSPS) is 11.4. The summed E-state index contributed by atoms with van der Waals surface area (Å²) in [6.45, 7) is 2.11. The van der Waals surface area contributed by atoms with Crippen LogP contribution in [-0.2, 0) is 9.84 Å². The van der Waals surface area contributed by atoms with E-state index in [0.29, 0.717) is 12.2 Å². The standard InChI is InChI=1S/C14H13ClFNO3S/c1-3-20-12-5-4-11(15)14(16)13(12)9-6-10(8-17-7-9)21(2,18)19/h4-8H,3H2,1-2H3. The molecule has 0 unspecified atom stereocenters. The van der Waals surface area contributed by atoms with Crippen LogP contribution in [-0.4, -0.2) is 26.3 Å². The molecule has 0 fully saturated rings. The first kappa shape index (κ1) is 15.7. The lowest BCUT2D eigenvalue weighted by atomic mass is 10.1. The Morgan fingerprint density at radius 2 is 2.05 bits per heavy atom. The lowest BCUT2D eigenvalue weighted by Gasteiger charge is -2.12. The molecule has 2 aromatic rings. The second kappa shape index (κ2) is 5.99. The number of nitrogens with zero attached hydrogens (tertiary/aromatic N) is 1. The van der Waals surface area contributed by atoms with Crippen LogP contribution in [0.3, 0.4) is 0 Å². The number of benzene rings is 1. The number of halogens is 2. The smallest absolute Gasteiger partial charge is 0.177 e. The Balaban J connectivity index is 2.69. The van der Waals surface area contributed by atoms with Gasteiger partial charge in [-0.25, -0.2) is 12.8 Å². The van der Waals surface area contributed by atoms with Crippen molar-refractivity contribution in [1.29, 1.82) is 0 Å². The average molecular weight is 330 g/mol. The Hall–Kier alpha value is -1.66. The fraction of sp³-hybridized carbons (Fsp3) is 0.214. The van der Waals surface area contributed by atoms with E-state index in [1.807, 2.05) is 0 Å². The monoisotopic (exact) mass is 329 g/mol. The van der Waals surface area contributed by atoms with Gasteiger partial charge < -0.3 is 4.74 Å². The van der Waals surface area contributed by atoms with E-state index in [1.54, 1.807) is 6.92 Å². The molecule has 21 heavy (non-hydrogen) atoms. The maximum atomic E-state index is 14.3. The van der Waals surface area contributed by atoms with E-state index < -0.39 is 15.7 Å².